The molecule has 2 rings (SSSR count). The molecule has 0 unspecified atom stereocenters. The zero-order valence-corrected chi connectivity index (χ0v) is 10.8. The molecule has 0 fully saturated rings. The monoisotopic (exact) mass is 258 g/mol. The molecule has 0 aliphatic carbocycles. The molecule has 0 amide bonds. The fourth-order valence-corrected chi connectivity index (χ4v) is 1.73. The van der Waals surface area contributed by atoms with E-state index >= 15 is 0 Å². The fourth-order valence-electron chi connectivity index (χ4n) is 1.73. The number of rotatable bonds is 3. The van der Waals surface area contributed by atoms with E-state index in [1.165, 1.54) is 11.8 Å². The number of allylic oxidation sites excluding steroid dienone is 1. The molecule has 0 spiro atoms. The average Bonchev–Trinajstić information content (AvgIpc) is 2.45. The van der Waals surface area contributed by atoms with Gasteiger partial charge in [-0.25, -0.2) is 9.48 Å². The first-order chi connectivity index (χ1) is 9.13. The molecule has 0 N–H and O–H groups in total. The highest BCUT2D eigenvalue weighted by Gasteiger charge is 2.05. The number of hydrogen-bond acceptors (Lipinski definition) is 4. The van der Waals surface area contributed by atoms with Gasteiger partial charge in [0.2, 0.25) is 0 Å². The number of esters is 1. The highest BCUT2D eigenvalue weighted by molar-refractivity contribution is 5.87. The van der Waals surface area contributed by atoms with E-state index in [0.717, 1.165) is 5.39 Å². The van der Waals surface area contributed by atoms with E-state index in [9.17, 15) is 9.59 Å². The van der Waals surface area contributed by atoms with Gasteiger partial charge in [-0.15, -0.1) is 0 Å². The van der Waals surface area contributed by atoms with E-state index in [2.05, 4.69) is 9.84 Å². The summed E-state index contributed by atoms with van der Waals surface area (Å²) in [6, 6.07) is 7.26. The second-order valence-electron chi connectivity index (χ2n) is 4.10. The molecule has 5 nitrogen and oxygen atoms in total. The lowest BCUT2D eigenvalue weighted by Gasteiger charge is -2.04. The molecule has 0 atom stereocenters. The van der Waals surface area contributed by atoms with Gasteiger partial charge in [-0.3, -0.25) is 4.79 Å². The quantitative estimate of drug-likeness (QED) is 0.618. The predicted molar refractivity (Wildman–Crippen MR) is 71.8 cm³/mol. The first kappa shape index (κ1) is 13.0. The number of aromatic nitrogens is 2. The topological polar surface area (TPSA) is 61.2 Å². The molecule has 0 bridgehead atoms. The number of benzene rings is 1. The molecular formula is C14H14N2O3. The van der Waals surface area contributed by atoms with E-state index in [0.29, 0.717) is 11.0 Å². The Bertz CT molecular complexity index is 701. The maximum absolute atomic E-state index is 12.1. The maximum Gasteiger partial charge on any atom is 0.333 e. The molecule has 0 radical (unpaired) electrons. The second kappa shape index (κ2) is 5.48. The molecule has 1 aromatic carbocycles. The maximum atomic E-state index is 12.1. The Kier molecular flexibility index (Phi) is 3.75. The van der Waals surface area contributed by atoms with Gasteiger partial charge in [-0.1, -0.05) is 24.3 Å². The Morgan fingerprint density at radius 2 is 2.16 bits per heavy atom. The first-order valence-corrected chi connectivity index (χ1v) is 5.83. The van der Waals surface area contributed by atoms with Crippen LogP contribution >= 0.6 is 0 Å². The molecule has 2 aromatic rings. The summed E-state index contributed by atoms with van der Waals surface area (Å²) in [4.78, 5) is 23.4. The summed E-state index contributed by atoms with van der Waals surface area (Å²) in [7, 11) is 1.32. The number of carbonyl (C=O) groups excluding carboxylic acids is 1. The lowest BCUT2D eigenvalue weighted by atomic mass is 10.2. The minimum absolute atomic E-state index is 0.174. The van der Waals surface area contributed by atoms with Crippen molar-refractivity contribution >= 4 is 16.7 Å². The van der Waals surface area contributed by atoms with Crippen LogP contribution in [0.4, 0.5) is 0 Å². The van der Waals surface area contributed by atoms with Crippen molar-refractivity contribution in [3.8, 4) is 0 Å². The van der Waals surface area contributed by atoms with Crippen molar-refractivity contribution < 1.29 is 9.53 Å². The molecular weight excluding hydrogens is 244 g/mol. The summed E-state index contributed by atoms with van der Waals surface area (Å²) in [6.07, 6.45) is 3.26. The van der Waals surface area contributed by atoms with Gasteiger partial charge >= 0.3 is 5.97 Å². The van der Waals surface area contributed by atoms with Crippen LogP contribution in [0.25, 0.3) is 10.8 Å². The summed E-state index contributed by atoms with van der Waals surface area (Å²) in [5.41, 5.74) is 0.274. The van der Waals surface area contributed by atoms with Gasteiger partial charge in [0.1, 0.15) is 0 Å². The molecule has 0 saturated heterocycles. The lowest BCUT2D eigenvalue weighted by Crippen LogP contribution is -2.22. The third-order valence-electron chi connectivity index (χ3n) is 2.84. The zero-order valence-electron chi connectivity index (χ0n) is 10.8. The van der Waals surface area contributed by atoms with Crippen molar-refractivity contribution in [1.29, 1.82) is 0 Å². The third kappa shape index (κ3) is 2.70. The van der Waals surface area contributed by atoms with Crippen LogP contribution in [0.15, 0.2) is 46.9 Å². The second-order valence-corrected chi connectivity index (χ2v) is 4.10. The van der Waals surface area contributed by atoms with Crippen molar-refractivity contribution in [2.24, 2.45) is 0 Å². The Hall–Kier alpha value is -2.43. The van der Waals surface area contributed by atoms with Crippen molar-refractivity contribution in [1.82, 2.24) is 9.78 Å². The SMILES string of the molecule is COC(=O)C(C)=CCn1ncc2ccccc2c1=O. The van der Waals surface area contributed by atoms with Gasteiger partial charge in [-0.2, -0.15) is 5.10 Å². The third-order valence-corrected chi connectivity index (χ3v) is 2.84. The number of fused-ring (bicyclic) bond motifs is 1. The highest BCUT2D eigenvalue weighted by Crippen LogP contribution is 2.06. The summed E-state index contributed by atoms with van der Waals surface area (Å²) < 4.78 is 5.90. The minimum Gasteiger partial charge on any atom is -0.466 e. The van der Waals surface area contributed by atoms with Gasteiger partial charge in [0.05, 0.1) is 25.2 Å². The summed E-state index contributed by atoms with van der Waals surface area (Å²) in [6.45, 7) is 1.88. The molecule has 0 saturated carbocycles. The van der Waals surface area contributed by atoms with Crippen LogP contribution in [0, 0.1) is 0 Å². The van der Waals surface area contributed by atoms with Crippen LogP contribution in [0.2, 0.25) is 0 Å². The zero-order chi connectivity index (χ0) is 13.8. The normalized spacial score (nSPS) is 11.6. The molecule has 98 valence electrons. The Balaban J connectivity index is 2.35. The Morgan fingerprint density at radius 3 is 2.89 bits per heavy atom. The number of hydrogen-bond donors (Lipinski definition) is 0. The van der Waals surface area contributed by atoms with Crippen LogP contribution in [0.1, 0.15) is 6.92 Å². The average molecular weight is 258 g/mol. The van der Waals surface area contributed by atoms with Crippen LogP contribution in [-0.4, -0.2) is 22.9 Å². The van der Waals surface area contributed by atoms with Crippen molar-refractivity contribution in [3.63, 3.8) is 0 Å². The van der Waals surface area contributed by atoms with E-state index in [1.54, 1.807) is 25.3 Å². The van der Waals surface area contributed by atoms with Gasteiger partial charge in [0.15, 0.2) is 0 Å². The van der Waals surface area contributed by atoms with Gasteiger partial charge in [0, 0.05) is 11.0 Å². The summed E-state index contributed by atoms with van der Waals surface area (Å²) >= 11 is 0. The number of nitrogens with zero attached hydrogens (tertiary/aromatic N) is 2. The molecule has 1 heterocycles. The largest absolute Gasteiger partial charge is 0.466 e. The number of methoxy groups -OCH3 is 1. The van der Waals surface area contributed by atoms with Crippen molar-refractivity contribution in [2.75, 3.05) is 7.11 Å². The molecule has 5 heteroatoms. The Labute approximate surface area is 110 Å². The van der Waals surface area contributed by atoms with Crippen LogP contribution in [0.3, 0.4) is 0 Å². The van der Waals surface area contributed by atoms with Crippen molar-refractivity contribution in [2.45, 2.75) is 13.5 Å². The van der Waals surface area contributed by atoms with E-state index in [4.69, 9.17) is 0 Å². The van der Waals surface area contributed by atoms with Gasteiger partial charge in [0.25, 0.3) is 5.56 Å². The van der Waals surface area contributed by atoms with Crippen LogP contribution in [0.5, 0.6) is 0 Å². The first-order valence-electron chi connectivity index (χ1n) is 5.83. The van der Waals surface area contributed by atoms with E-state index in [-0.39, 0.29) is 12.1 Å². The van der Waals surface area contributed by atoms with Crippen molar-refractivity contribution in [3.05, 3.63) is 52.5 Å². The fraction of sp³-hybridized carbons (Fsp3) is 0.214. The van der Waals surface area contributed by atoms with Crippen LogP contribution in [-0.2, 0) is 16.1 Å². The van der Waals surface area contributed by atoms with Gasteiger partial charge < -0.3 is 4.74 Å². The minimum atomic E-state index is -0.408. The standard InChI is InChI=1S/C14H14N2O3/c1-10(14(18)19-2)7-8-16-13(17)12-6-4-3-5-11(12)9-15-16/h3-7,9H,8H2,1-2H3. The summed E-state index contributed by atoms with van der Waals surface area (Å²) in [5, 5.41) is 5.49. The lowest BCUT2D eigenvalue weighted by molar-refractivity contribution is -0.136. The summed E-state index contributed by atoms with van der Waals surface area (Å²) in [5.74, 6) is -0.408. The van der Waals surface area contributed by atoms with Gasteiger partial charge in [-0.05, 0) is 13.0 Å². The molecule has 0 aliphatic rings. The number of ether oxygens (including phenoxy) is 1. The molecule has 0 aliphatic heterocycles. The number of carbonyl (C=O) groups is 1. The Morgan fingerprint density at radius 1 is 1.42 bits per heavy atom. The molecule has 19 heavy (non-hydrogen) atoms. The highest BCUT2D eigenvalue weighted by atomic mass is 16.5. The molecule has 1 aromatic heterocycles. The van der Waals surface area contributed by atoms with Crippen LogP contribution < -0.4 is 5.56 Å². The van der Waals surface area contributed by atoms with E-state index < -0.39 is 5.97 Å². The predicted octanol–water partition coefficient (Wildman–Crippen LogP) is 1.52. The van der Waals surface area contributed by atoms with E-state index in [1.807, 2.05) is 18.2 Å². The smallest absolute Gasteiger partial charge is 0.333 e.